The van der Waals surface area contributed by atoms with E-state index in [0.29, 0.717) is 42.2 Å². The van der Waals surface area contributed by atoms with Gasteiger partial charge in [-0.25, -0.2) is 0 Å². The van der Waals surface area contributed by atoms with E-state index in [2.05, 4.69) is 43.2 Å². The van der Waals surface area contributed by atoms with Gasteiger partial charge in [-0.05, 0) is 63.8 Å². The number of carbonyl (C=O) groups excluding carboxylic acids is 1. The molecule has 0 saturated carbocycles. The smallest absolute Gasteiger partial charge is 0.264 e. The predicted molar refractivity (Wildman–Crippen MR) is 170 cm³/mol. The average Bonchev–Trinajstić information content (AvgIpc) is 3.55. The summed E-state index contributed by atoms with van der Waals surface area (Å²) in [5, 5.41) is 30.4. The molecule has 228 valence electrons. The molecule has 2 aromatic carbocycles. The molecular weight excluding hydrogens is 540 g/mol. The fourth-order valence-electron chi connectivity index (χ4n) is 5.46. The highest BCUT2D eigenvalue weighted by Gasteiger charge is 2.52. The first kappa shape index (κ1) is 31.9. The molecule has 1 aliphatic heterocycles. The molecule has 2 heterocycles. The Morgan fingerprint density at radius 2 is 1.86 bits per heavy atom. The third-order valence-corrected chi connectivity index (χ3v) is 8.10. The Balaban J connectivity index is 1.45. The molecule has 8 heteroatoms. The summed E-state index contributed by atoms with van der Waals surface area (Å²) in [7, 11) is 1.58. The van der Waals surface area contributed by atoms with Crippen molar-refractivity contribution in [1.29, 1.82) is 0 Å². The third kappa shape index (κ3) is 7.32. The van der Waals surface area contributed by atoms with Crippen LogP contribution in [0.5, 0.6) is 5.75 Å². The van der Waals surface area contributed by atoms with Crippen LogP contribution in [-0.4, -0.2) is 51.4 Å². The number of methoxy groups -OCH3 is 1. The lowest BCUT2D eigenvalue weighted by Gasteiger charge is -2.27. The number of carbonyl (C=O) groups is 1. The Morgan fingerprint density at radius 1 is 1.09 bits per heavy atom. The second-order valence-electron chi connectivity index (χ2n) is 11.5. The topological polar surface area (TPSA) is 101 Å². The van der Waals surface area contributed by atoms with Crippen molar-refractivity contribution in [3.8, 4) is 5.75 Å². The monoisotopic (exact) mass is 584 g/mol. The number of benzene rings is 2. The lowest BCUT2D eigenvalue weighted by molar-refractivity contribution is -0.139. The lowest BCUT2D eigenvalue weighted by atomic mass is 9.83. The van der Waals surface area contributed by atoms with Gasteiger partial charge in [-0.1, -0.05) is 77.9 Å². The molecule has 0 fully saturated rings. The van der Waals surface area contributed by atoms with Gasteiger partial charge in [0.2, 0.25) is 0 Å². The molecule has 3 atom stereocenters. The number of rotatable bonds is 14. The zero-order valence-corrected chi connectivity index (χ0v) is 25.9. The van der Waals surface area contributed by atoms with Crippen LogP contribution in [0.3, 0.4) is 0 Å². The van der Waals surface area contributed by atoms with Gasteiger partial charge < -0.3 is 19.8 Å². The fourth-order valence-corrected chi connectivity index (χ4v) is 5.46. The molecule has 2 N–H and O–H groups in total. The fraction of sp³-hybridized carbons (Fsp3) is 0.400. The lowest BCUT2D eigenvalue weighted by Crippen LogP contribution is -2.44. The number of amides is 1. The van der Waals surface area contributed by atoms with E-state index < -0.39 is 11.5 Å². The van der Waals surface area contributed by atoms with Crippen LogP contribution in [0, 0.1) is 5.92 Å². The number of nitrogens with zero attached hydrogens (tertiary/aromatic N) is 4. The van der Waals surface area contributed by atoms with Gasteiger partial charge in [0, 0.05) is 30.8 Å². The minimum absolute atomic E-state index is 0.0543. The van der Waals surface area contributed by atoms with E-state index in [1.807, 2.05) is 67.7 Å². The molecule has 0 radical (unpaired) electrons. The number of ether oxygens (including phenoxy) is 1. The Bertz CT molecular complexity index is 1470. The number of aromatic nitrogens is 3. The van der Waals surface area contributed by atoms with Crippen LogP contribution in [0.4, 0.5) is 5.69 Å². The maximum atomic E-state index is 13.8. The van der Waals surface area contributed by atoms with E-state index in [4.69, 9.17) is 4.74 Å². The van der Waals surface area contributed by atoms with Crippen molar-refractivity contribution < 1.29 is 19.7 Å². The number of aliphatic hydroxyl groups is 2. The molecule has 1 unspecified atom stereocenters. The number of aliphatic hydroxyl groups excluding tert-OH is 1. The van der Waals surface area contributed by atoms with Crippen LogP contribution in [0.2, 0.25) is 0 Å². The van der Waals surface area contributed by atoms with E-state index in [1.165, 1.54) is 11.1 Å². The second kappa shape index (κ2) is 14.4. The molecule has 1 aliphatic rings. The van der Waals surface area contributed by atoms with E-state index >= 15 is 0 Å². The summed E-state index contributed by atoms with van der Waals surface area (Å²) in [6, 6.07) is 15.2. The van der Waals surface area contributed by atoms with E-state index in [-0.39, 0.29) is 18.4 Å². The van der Waals surface area contributed by atoms with Crippen molar-refractivity contribution in [2.45, 2.75) is 65.0 Å². The minimum Gasteiger partial charge on any atom is -0.497 e. The highest BCUT2D eigenvalue weighted by molar-refractivity contribution is 6.07. The van der Waals surface area contributed by atoms with Crippen LogP contribution in [0.25, 0.3) is 0 Å². The van der Waals surface area contributed by atoms with Crippen LogP contribution >= 0.6 is 0 Å². The Hall–Kier alpha value is -4.01. The molecular formula is C35H44N4O4. The van der Waals surface area contributed by atoms with Gasteiger partial charge in [-0.3, -0.25) is 9.48 Å². The summed E-state index contributed by atoms with van der Waals surface area (Å²) in [5.74, 6) is -0.459. The molecule has 0 aliphatic carbocycles. The molecule has 4 rings (SSSR count). The van der Waals surface area contributed by atoms with Crippen LogP contribution < -0.4 is 9.64 Å². The van der Waals surface area contributed by atoms with Crippen molar-refractivity contribution in [3.63, 3.8) is 0 Å². The normalized spacial score (nSPS) is 18.2. The molecule has 0 spiro atoms. The molecule has 0 bridgehead atoms. The Morgan fingerprint density at radius 3 is 2.56 bits per heavy atom. The first-order chi connectivity index (χ1) is 20.7. The van der Waals surface area contributed by atoms with Crippen LogP contribution in [-0.2, 0) is 16.9 Å². The van der Waals surface area contributed by atoms with E-state index in [1.54, 1.807) is 22.8 Å². The van der Waals surface area contributed by atoms with Crippen molar-refractivity contribution in [2.75, 3.05) is 25.2 Å². The number of hydrogen-bond donors (Lipinski definition) is 2. The maximum absolute atomic E-state index is 13.8. The number of fused-ring (bicyclic) bond motifs is 1. The standard InChI is InChI=1S/C35H44N4O4/c1-25(2)12-11-13-26(3)19-21-39-33-18-17-29(43-5)22-31(33)35(42,34(39)41)27(4)14-9-10-20-38-23-32(36-37-38)30(24-40)28-15-7-6-8-16-28/h6-9,12,14-19,22-23,27,30,40,42H,10-11,13,20-21,24H2,1-5H3/b14-9+,26-19+/t27-,30?,35+/m0/s1. The Kier molecular flexibility index (Phi) is 10.7. The largest absolute Gasteiger partial charge is 0.497 e. The first-order valence-corrected chi connectivity index (χ1v) is 14.9. The predicted octanol–water partition coefficient (Wildman–Crippen LogP) is 5.92. The van der Waals surface area contributed by atoms with E-state index in [0.717, 1.165) is 18.4 Å². The van der Waals surface area contributed by atoms with Gasteiger partial charge in [0.25, 0.3) is 5.91 Å². The summed E-state index contributed by atoms with van der Waals surface area (Å²) in [6.45, 7) is 9.04. The average molecular weight is 585 g/mol. The quantitative estimate of drug-likeness (QED) is 0.228. The second-order valence-corrected chi connectivity index (χ2v) is 11.5. The molecule has 8 nitrogen and oxygen atoms in total. The van der Waals surface area contributed by atoms with Gasteiger partial charge in [0.15, 0.2) is 5.60 Å². The summed E-state index contributed by atoms with van der Waals surface area (Å²) in [4.78, 5) is 15.5. The van der Waals surface area contributed by atoms with Gasteiger partial charge >= 0.3 is 0 Å². The highest BCUT2D eigenvalue weighted by atomic mass is 16.5. The van der Waals surface area contributed by atoms with Crippen molar-refractivity contribution in [1.82, 2.24) is 15.0 Å². The summed E-state index contributed by atoms with van der Waals surface area (Å²) >= 11 is 0. The van der Waals surface area contributed by atoms with Crippen molar-refractivity contribution in [2.24, 2.45) is 5.92 Å². The number of anilines is 1. The van der Waals surface area contributed by atoms with Gasteiger partial charge in [-0.2, -0.15) is 0 Å². The maximum Gasteiger partial charge on any atom is 0.264 e. The van der Waals surface area contributed by atoms with Gasteiger partial charge in [0.1, 0.15) is 5.75 Å². The summed E-state index contributed by atoms with van der Waals surface area (Å²) in [6.07, 6.45) is 12.5. The molecule has 1 amide bonds. The number of hydrogen-bond acceptors (Lipinski definition) is 6. The minimum atomic E-state index is -1.71. The SMILES string of the molecule is COc1ccc2c(c1)[C@](O)([C@@H](C)/C=C/CCn1cc(C(CO)c3ccccc3)nn1)C(=O)N2C/C=C(\C)CCC=C(C)C. The molecule has 43 heavy (non-hydrogen) atoms. The molecule has 1 aromatic heterocycles. The summed E-state index contributed by atoms with van der Waals surface area (Å²) in [5.41, 5.74) is 3.74. The molecule has 0 saturated heterocycles. The summed E-state index contributed by atoms with van der Waals surface area (Å²) < 4.78 is 7.19. The van der Waals surface area contributed by atoms with Crippen molar-refractivity contribution in [3.05, 3.63) is 107 Å². The van der Waals surface area contributed by atoms with Gasteiger partial charge in [-0.15, -0.1) is 5.10 Å². The highest BCUT2D eigenvalue weighted by Crippen LogP contribution is 2.46. The van der Waals surface area contributed by atoms with Crippen LogP contribution in [0.1, 0.15) is 69.7 Å². The Labute approximate surface area is 255 Å². The van der Waals surface area contributed by atoms with E-state index in [9.17, 15) is 15.0 Å². The third-order valence-electron chi connectivity index (χ3n) is 8.10. The first-order valence-electron chi connectivity index (χ1n) is 14.9. The zero-order chi connectivity index (χ0) is 31.0. The molecule has 3 aromatic rings. The number of aryl methyl sites for hydroxylation is 1. The zero-order valence-electron chi connectivity index (χ0n) is 25.9. The van der Waals surface area contributed by atoms with Crippen LogP contribution in [0.15, 0.2) is 90.2 Å². The van der Waals surface area contributed by atoms with Gasteiger partial charge in [0.05, 0.1) is 31.0 Å². The van der Waals surface area contributed by atoms with Crippen molar-refractivity contribution >= 4 is 11.6 Å². The number of allylic oxidation sites excluding steroid dienone is 4.